The SMILES string of the molecule is O=C(C[C@]1(COc2cccc(Cl)c2)CN(C(=O)c2cc(F)cc(F)c2)CCO1)N1CCOCC1. The van der Waals surface area contributed by atoms with Crippen LogP contribution in [0.15, 0.2) is 42.5 Å². The number of rotatable bonds is 6. The largest absolute Gasteiger partial charge is 0.490 e. The van der Waals surface area contributed by atoms with Gasteiger partial charge in [0.05, 0.1) is 32.8 Å². The molecule has 2 aromatic rings. The summed E-state index contributed by atoms with van der Waals surface area (Å²) in [6.45, 7) is 2.18. The molecule has 2 aliphatic heterocycles. The summed E-state index contributed by atoms with van der Waals surface area (Å²) in [5.74, 6) is -1.88. The Labute approximate surface area is 201 Å². The third-order valence-electron chi connectivity index (χ3n) is 5.78. The third-order valence-corrected chi connectivity index (χ3v) is 6.02. The van der Waals surface area contributed by atoms with Gasteiger partial charge in [0, 0.05) is 36.3 Å². The highest BCUT2D eigenvalue weighted by Gasteiger charge is 2.42. The van der Waals surface area contributed by atoms with E-state index in [0.717, 1.165) is 12.1 Å². The van der Waals surface area contributed by atoms with Gasteiger partial charge in [-0.15, -0.1) is 0 Å². The molecule has 0 spiro atoms. The molecule has 2 fully saturated rings. The van der Waals surface area contributed by atoms with E-state index in [1.165, 1.54) is 4.90 Å². The highest BCUT2D eigenvalue weighted by atomic mass is 35.5. The van der Waals surface area contributed by atoms with Crippen LogP contribution in [-0.2, 0) is 14.3 Å². The Hall–Kier alpha value is -2.75. The van der Waals surface area contributed by atoms with Crippen LogP contribution in [0.2, 0.25) is 5.02 Å². The highest BCUT2D eigenvalue weighted by molar-refractivity contribution is 6.30. The molecule has 2 saturated heterocycles. The molecule has 0 radical (unpaired) electrons. The summed E-state index contributed by atoms with van der Waals surface area (Å²) in [5, 5.41) is 0.491. The van der Waals surface area contributed by atoms with Crippen LogP contribution in [0.4, 0.5) is 8.78 Å². The standard InChI is InChI=1S/C24H25ClF2N2O5/c25-18-2-1-3-21(12-18)33-16-24(14-22(30)28-4-7-32-8-5-28)15-29(6-9-34-24)23(31)17-10-19(26)13-20(27)11-17/h1-3,10-13H,4-9,14-16H2/t24-/m1/s1. The van der Waals surface area contributed by atoms with E-state index in [4.69, 9.17) is 25.8 Å². The van der Waals surface area contributed by atoms with E-state index in [1.807, 2.05) is 0 Å². The number of hydrogen-bond acceptors (Lipinski definition) is 5. The summed E-state index contributed by atoms with van der Waals surface area (Å²) in [6.07, 6.45) is -0.0329. The zero-order valence-electron chi connectivity index (χ0n) is 18.5. The molecule has 2 aromatic carbocycles. The smallest absolute Gasteiger partial charge is 0.254 e. The van der Waals surface area contributed by atoms with Gasteiger partial charge in [0.25, 0.3) is 5.91 Å². The lowest BCUT2D eigenvalue weighted by molar-refractivity contribution is -0.155. The van der Waals surface area contributed by atoms with Crippen molar-refractivity contribution in [1.29, 1.82) is 0 Å². The maximum atomic E-state index is 13.7. The predicted molar refractivity (Wildman–Crippen MR) is 120 cm³/mol. The second kappa shape index (κ2) is 10.7. The lowest BCUT2D eigenvalue weighted by Crippen LogP contribution is -2.58. The molecule has 34 heavy (non-hydrogen) atoms. The fraction of sp³-hybridized carbons (Fsp3) is 0.417. The molecule has 0 aliphatic carbocycles. The Morgan fingerprint density at radius 3 is 2.41 bits per heavy atom. The van der Waals surface area contributed by atoms with Crippen molar-refractivity contribution in [3.05, 3.63) is 64.7 Å². The molecule has 182 valence electrons. The molecule has 0 unspecified atom stereocenters. The lowest BCUT2D eigenvalue weighted by atomic mass is 9.96. The Morgan fingerprint density at radius 2 is 1.71 bits per heavy atom. The van der Waals surface area contributed by atoms with Gasteiger partial charge in [0.1, 0.15) is 29.6 Å². The highest BCUT2D eigenvalue weighted by Crippen LogP contribution is 2.27. The second-order valence-electron chi connectivity index (χ2n) is 8.33. The normalized spacial score (nSPS) is 20.8. The number of hydrogen-bond donors (Lipinski definition) is 0. The summed E-state index contributed by atoms with van der Waals surface area (Å²) in [6, 6.07) is 9.50. The number of morpholine rings is 2. The molecule has 2 aliphatic rings. The minimum Gasteiger partial charge on any atom is -0.490 e. The minimum absolute atomic E-state index is 0.0145. The van der Waals surface area contributed by atoms with Crippen LogP contribution in [0.1, 0.15) is 16.8 Å². The molecule has 2 heterocycles. The molecule has 4 rings (SSSR count). The summed E-state index contributed by atoms with van der Waals surface area (Å²) in [7, 11) is 0. The van der Waals surface area contributed by atoms with Gasteiger partial charge in [-0.25, -0.2) is 8.78 Å². The number of halogens is 3. The van der Waals surface area contributed by atoms with Gasteiger partial charge in [0.15, 0.2) is 0 Å². The van der Waals surface area contributed by atoms with Crippen LogP contribution in [0.25, 0.3) is 0 Å². The number of carbonyl (C=O) groups is 2. The fourth-order valence-electron chi connectivity index (χ4n) is 4.10. The van der Waals surface area contributed by atoms with Gasteiger partial charge in [-0.2, -0.15) is 0 Å². The third kappa shape index (κ3) is 6.02. The van der Waals surface area contributed by atoms with E-state index in [9.17, 15) is 18.4 Å². The van der Waals surface area contributed by atoms with Crippen molar-refractivity contribution in [3.63, 3.8) is 0 Å². The van der Waals surface area contributed by atoms with Crippen molar-refractivity contribution < 1.29 is 32.6 Å². The van der Waals surface area contributed by atoms with Gasteiger partial charge in [0.2, 0.25) is 5.91 Å². The molecule has 2 amide bonds. The van der Waals surface area contributed by atoms with E-state index >= 15 is 0 Å². The monoisotopic (exact) mass is 494 g/mol. The first-order chi connectivity index (χ1) is 16.3. The Morgan fingerprint density at radius 1 is 1.00 bits per heavy atom. The average molecular weight is 495 g/mol. The van der Waals surface area contributed by atoms with Crippen LogP contribution in [-0.4, -0.2) is 79.8 Å². The molecule has 1 atom stereocenters. The molecule has 10 heteroatoms. The first-order valence-corrected chi connectivity index (χ1v) is 11.3. The number of amides is 2. The topological polar surface area (TPSA) is 68.3 Å². The maximum Gasteiger partial charge on any atom is 0.254 e. The Bertz CT molecular complexity index is 1030. The Kier molecular flexibility index (Phi) is 7.65. The van der Waals surface area contributed by atoms with E-state index < -0.39 is 23.1 Å². The van der Waals surface area contributed by atoms with Crippen LogP contribution < -0.4 is 4.74 Å². The average Bonchev–Trinajstić information content (AvgIpc) is 2.82. The van der Waals surface area contributed by atoms with Crippen molar-refractivity contribution in [2.75, 3.05) is 52.6 Å². The van der Waals surface area contributed by atoms with Gasteiger partial charge in [-0.05, 0) is 30.3 Å². The molecule has 7 nitrogen and oxygen atoms in total. The van der Waals surface area contributed by atoms with Gasteiger partial charge in [-0.3, -0.25) is 9.59 Å². The zero-order valence-corrected chi connectivity index (χ0v) is 19.2. The van der Waals surface area contributed by atoms with Crippen molar-refractivity contribution in [2.24, 2.45) is 0 Å². The second-order valence-corrected chi connectivity index (χ2v) is 8.77. The van der Waals surface area contributed by atoms with E-state index in [1.54, 1.807) is 29.2 Å². The molecule has 0 bridgehead atoms. The van der Waals surface area contributed by atoms with Gasteiger partial charge >= 0.3 is 0 Å². The van der Waals surface area contributed by atoms with Crippen LogP contribution >= 0.6 is 11.6 Å². The predicted octanol–water partition coefficient (Wildman–Crippen LogP) is 3.16. The summed E-state index contributed by atoms with van der Waals surface area (Å²) in [5.41, 5.74) is -1.26. The molecule has 0 saturated carbocycles. The van der Waals surface area contributed by atoms with E-state index in [2.05, 4.69) is 0 Å². The molecule has 0 N–H and O–H groups in total. The quantitative estimate of drug-likeness (QED) is 0.617. The van der Waals surface area contributed by atoms with Gasteiger partial charge in [-0.1, -0.05) is 17.7 Å². The van der Waals surface area contributed by atoms with Crippen molar-refractivity contribution in [1.82, 2.24) is 9.80 Å². The van der Waals surface area contributed by atoms with Crippen LogP contribution in [0.5, 0.6) is 5.75 Å². The van der Waals surface area contributed by atoms with Crippen molar-refractivity contribution in [2.45, 2.75) is 12.0 Å². The first kappa shape index (κ1) is 24.4. The van der Waals surface area contributed by atoms with Crippen LogP contribution in [0.3, 0.4) is 0 Å². The summed E-state index contributed by atoms with van der Waals surface area (Å²) >= 11 is 6.05. The summed E-state index contributed by atoms with van der Waals surface area (Å²) in [4.78, 5) is 29.3. The van der Waals surface area contributed by atoms with Crippen LogP contribution in [0, 0.1) is 11.6 Å². The Balaban J connectivity index is 1.55. The number of ether oxygens (including phenoxy) is 3. The molecular formula is C24H25ClF2N2O5. The molecular weight excluding hydrogens is 470 g/mol. The molecule has 0 aromatic heterocycles. The number of benzene rings is 2. The fourth-order valence-corrected chi connectivity index (χ4v) is 4.28. The number of carbonyl (C=O) groups excluding carboxylic acids is 2. The number of nitrogens with zero attached hydrogens (tertiary/aromatic N) is 2. The summed E-state index contributed by atoms with van der Waals surface area (Å²) < 4.78 is 44.7. The van der Waals surface area contributed by atoms with Gasteiger partial charge < -0.3 is 24.0 Å². The van der Waals surface area contributed by atoms with E-state index in [0.29, 0.717) is 43.1 Å². The van der Waals surface area contributed by atoms with Crippen molar-refractivity contribution in [3.8, 4) is 5.75 Å². The lowest BCUT2D eigenvalue weighted by Gasteiger charge is -2.43. The zero-order chi connectivity index (χ0) is 24.1. The van der Waals surface area contributed by atoms with E-state index in [-0.39, 0.29) is 44.2 Å². The van der Waals surface area contributed by atoms with Crippen molar-refractivity contribution >= 4 is 23.4 Å². The first-order valence-electron chi connectivity index (χ1n) is 11.0. The minimum atomic E-state index is -1.16. The maximum absolute atomic E-state index is 13.7.